The second-order valence-corrected chi connectivity index (χ2v) is 5.89. The molecule has 0 bridgehead atoms. The van der Waals surface area contributed by atoms with Gasteiger partial charge in [0.2, 0.25) is 0 Å². The summed E-state index contributed by atoms with van der Waals surface area (Å²) in [6, 6.07) is 8.07. The normalized spacial score (nSPS) is 12.2. The molecule has 0 aromatic heterocycles. The van der Waals surface area contributed by atoms with Gasteiger partial charge in [0.25, 0.3) is 5.91 Å². The first-order chi connectivity index (χ1) is 11.9. The lowest BCUT2D eigenvalue weighted by Gasteiger charge is -2.15. The molecule has 1 amide bonds. The summed E-state index contributed by atoms with van der Waals surface area (Å²) in [6.45, 7) is 4.04. The summed E-state index contributed by atoms with van der Waals surface area (Å²) < 4.78 is 5.06. The lowest BCUT2D eigenvalue weighted by molar-refractivity contribution is -0.139. The maximum absolute atomic E-state index is 12.1. The molecule has 0 fully saturated rings. The van der Waals surface area contributed by atoms with E-state index in [4.69, 9.17) is 15.1 Å². The number of carboxylic acids is 1. The molecule has 25 heavy (non-hydrogen) atoms. The zero-order valence-electron chi connectivity index (χ0n) is 14.6. The molecule has 1 atom stereocenters. The standard InChI is InChI=1S/C18H23N3O4/c1-12(2)8-16(18(23)24)20-11-14(9-19)17(22)21-10-13-4-6-15(25-3)7-5-13/h4-7,11-12,16,20H,8,10H2,1-3H3,(H,21,22)(H,23,24)/b14-11-. The van der Waals surface area contributed by atoms with Gasteiger partial charge < -0.3 is 20.5 Å². The van der Waals surface area contributed by atoms with Gasteiger partial charge in [0.05, 0.1) is 7.11 Å². The Morgan fingerprint density at radius 3 is 2.44 bits per heavy atom. The minimum atomic E-state index is -1.03. The summed E-state index contributed by atoms with van der Waals surface area (Å²) in [5.41, 5.74) is 0.672. The van der Waals surface area contributed by atoms with E-state index in [1.165, 1.54) is 0 Å². The maximum atomic E-state index is 12.1. The molecule has 0 aliphatic carbocycles. The summed E-state index contributed by atoms with van der Waals surface area (Å²) in [4.78, 5) is 23.2. The average Bonchev–Trinajstić information content (AvgIpc) is 2.59. The number of carbonyl (C=O) groups excluding carboxylic acids is 1. The predicted octanol–water partition coefficient (Wildman–Crippen LogP) is 1.81. The molecule has 0 saturated carbocycles. The molecule has 1 rings (SSSR count). The SMILES string of the molecule is COc1ccc(CNC(=O)/C(C#N)=C\NC(CC(C)C)C(=O)O)cc1. The van der Waals surface area contributed by atoms with Crippen molar-refractivity contribution in [1.82, 2.24) is 10.6 Å². The lowest BCUT2D eigenvalue weighted by Crippen LogP contribution is -2.35. The van der Waals surface area contributed by atoms with Crippen LogP contribution in [0, 0.1) is 17.2 Å². The first-order valence-electron chi connectivity index (χ1n) is 7.87. The Bertz CT molecular complexity index is 660. The third-order valence-electron chi connectivity index (χ3n) is 3.41. The highest BCUT2D eigenvalue weighted by molar-refractivity contribution is 5.97. The summed E-state index contributed by atoms with van der Waals surface area (Å²) in [6.07, 6.45) is 1.54. The van der Waals surface area contributed by atoms with E-state index in [0.29, 0.717) is 12.2 Å². The van der Waals surface area contributed by atoms with Gasteiger partial charge in [-0.3, -0.25) is 4.79 Å². The number of nitrogens with zero attached hydrogens (tertiary/aromatic N) is 1. The maximum Gasteiger partial charge on any atom is 0.326 e. The third-order valence-corrected chi connectivity index (χ3v) is 3.41. The van der Waals surface area contributed by atoms with Crippen molar-refractivity contribution in [2.75, 3.05) is 7.11 Å². The molecule has 0 spiro atoms. The van der Waals surface area contributed by atoms with Crippen LogP contribution in [0.15, 0.2) is 36.0 Å². The Morgan fingerprint density at radius 1 is 1.32 bits per heavy atom. The number of rotatable bonds is 9. The number of hydrogen-bond acceptors (Lipinski definition) is 5. The number of carbonyl (C=O) groups is 2. The molecule has 1 aromatic carbocycles. The van der Waals surface area contributed by atoms with Gasteiger partial charge in [-0.1, -0.05) is 26.0 Å². The second-order valence-electron chi connectivity index (χ2n) is 5.89. The molecule has 134 valence electrons. The van der Waals surface area contributed by atoms with Crippen molar-refractivity contribution in [2.24, 2.45) is 5.92 Å². The zero-order valence-corrected chi connectivity index (χ0v) is 14.6. The fraction of sp³-hybridized carbons (Fsp3) is 0.389. The Labute approximate surface area is 147 Å². The highest BCUT2D eigenvalue weighted by Crippen LogP contribution is 2.11. The smallest absolute Gasteiger partial charge is 0.326 e. The van der Waals surface area contributed by atoms with Crippen LogP contribution in [0.1, 0.15) is 25.8 Å². The molecule has 0 saturated heterocycles. The van der Waals surface area contributed by atoms with E-state index >= 15 is 0 Å². The molecule has 3 N–H and O–H groups in total. The predicted molar refractivity (Wildman–Crippen MR) is 92.6 cm³/mol. The van der Waals surface area contributed by atoms with Crippen molar-refractivity contribution in [3.05, 3.63) is 41.6 Å². The van der Waals surface area contributed by atoms with Crippen LogP contribution in [0.3, 0.4) is 0 Å². The number of amides is 1. The van der Waals surface area contributed by atoms with Crippen LogP contribution in [0.2, 0.25) is 0 Å². The quantitative estimate of drug-likeness (QED) is 0.465. The second kappa shape index (κ2) is 9.98. The molecule has 0 aliphatic heterocycles. The van der Waals surface area contributed by atoms with E-state index in [0.717, 1.165) is 11.8 Å². The fourth-order valence-corrected chi connectivity index (χ4v) is 2.07. The summed E-state index contributed by atoms with van der Waals surface area (Å²) in [5.74, 6) is -0.724. The molecule has 1 aromatic rings. The Hall–Kier alpha value is -3.01. The first-order valence-corrected chi connectivity index (χ1v) is 7.87. The Kier molecular flexibility index (Phi) is 8.00. The van der Waals surface area contributed by atoms with Crippen LogP contribution >= 0.6 is 0 Å². The number of benzene rings is 1. The van der Waals surface area contributed by atoms with E-state index < -0.39 is 17.9 Å². The number of methoxy groups -OCH3 is 1. The van der Waals surface area contributed by atoms with E-state index in [1.807, 2.05) is 13.8 Å². The van der Waals surface area contributed by atoms with E-state index in [9.17, 15) is 9.59 Å². The average molecular weight is 345 g/mol. The third kappa shape index (κ3) is 6.96. The van der Waals surface area contributed by atoms with Crippen molar-refractivity contribution in [3.8, 4) is 11.8 Å². The van der Waals surface area contributed by atoms with E-state index in [1.54, 1.807) is 37.4 Å². The minimum Gasteiger partial charge on any atom is -0.497 e. The monoisotopic (exact) mass is 345 g/mol. The summed E-state index contributed by atoms with van der Waals surface area (Å²) >= 11 is 0. The van der Waals surface area contributed by atoms with Gasteiger partial charge in [0, 0.05) is 12.7 Å². The highest BCUT2D eigenvalue weighted by Gasteiger charge is 2.18. The minimum absolute atomic E-state index is 0.163. The van der Waals surface area contributed by atoms with Crippen molar-refractivity contribution >= 4 is 11.9 Å². The summed E-state index contributed by atoms with van der Waals surface area (Å²) in [5, 5.41) is 23.5. The van der Waals surface area contributed by atoms with Crippen LogP contribution in [-0.2, 0) is 16.1 Å². The highest BCUT2D eigenvalue weighted by atomic mass is 16.5. The first kappa shape index (κ1) is 20.0. The topological polar surface area (TPSA) is 111 Å². The molecular weight excluding hydrogens is 322 g/mol. The van der Waals surface area contributed by atoms with Crippen LogP contribution in [-0.4, -0.2) is 30.1 Å². The van der Waals surface area contributed by atoms with E-state index in [-0.39, 0.29) is 18.0 Å². The summed E-state index contributed by atoms with van der Waals surface area (Å²) in [7, 11) is 1.57. The molecule has 7 heteroatoms. The number of nitriles is 1. The van der Waals surface area contributed by atoms with Crippen LogP contribution in [0.5, 0.6) is 5.75 Å². The number of aliphatic carboxylic acids is 1. The van der Waals surface area contributed by atoms with Crippen molar-refractivity contribution in [3.63, 3.8) is 0 Å². The molecule has 1 unspecified atom stereocenters. The van der Waals surface area contributed by atoms with Gasteiger partial charge in [0.1, 0.15) is 23.4 Å². The Morgan fingerprint density at radius 2 is 1.96 bits per heavy atom. The van der Waals surface area contributed by atoms with Crippen LogP contribution in [0.25, 0.3) is 0 Å². The number of ether oxygens (including phenoxy) is 1. The largest absolute Gasteiger partial charge is 0.497 e. The van der Waals surface area contributed by atoms with Crippen LogP contribution in [0.4, 0.5) is 0 Å². The molecule has 0 radical (unpaired) electrons. The number of nitrogens with one attached hydrogen (secondary N) is 2. The fourth-order valence-electron chi connectivity index (χ4n) is 2.07. The van der Waals surface area contributed by atoms with Gasteiger partial charge in [-0.2, -0.15) is 5.26 Å². The van der Waals surface area contributed by atoms with E-state index in [2.05, 4.69) is 10.6 Å². The lowest BCUT2D eigenvalue weighted by atomic mass is 10.0. The van der Waals surface area contributed by atoms with Crippen molar-refractivity contribution in [1.29, 1.82) is 5.26 Å². The van der Waals surface area contributed by atoms with Crippen molar-refractivity contribution < 1.29 is 19.4 Å². The number of hydrogen-bond donors (Lipinski definition) is 3. The number of carboxylic acid groups (broad SMARTS) is 1. The van der Waals surface area contributed by atoms with Gasteiger partial charge in [-0.05, 0) is 30.0 Å². The van der Waals surface area contributed by atoms with Crippen molar-refractivity contribution in [2.45, 2.75) is 32.9 Å². The molecule has 0 heterocycles. The van der Waals surface area contributed by atoms with Crippen LogP contribution < -0.4 is 15.4 Å². The zero-order chi connectivity index (χ0) is 18.8. The van der Waals surface area contributed by atoms with Gasteiger partial charge in [0.15, 0.2) is 0 Å². The molecule has 7 nitrogen and oxygen atoms in total. The Balaban J connectivity index is 2.66. The molecular formula is C18H23N3O4. The van der Waals surface area contributed by atoms with Gasteiger partial charge >= 0.3 is 5.97 Å². The molecule has 0 aliphatic rings. The van der Waals surface area contributed by atoms with Gasteiger partial charge in [-0.15, -0.1) is 0 Å². The van der Waals surface area contributed by atoms with Gasteiger partial charge in [-0.25, -0.2) is 4.79 Å².